The van der Waals surface area contributed by atoms with Gasteiger partial charge in [0.25, 0.3) is 0 Å². The predicted molar refractivity (Wildman–Crippen MR) is 65.7 cm³/mol. The van der Waals surface area contributed by atoms with E-state index in [1.54, 1.807) is 0 Å². The van der Waals surface area contributed by atoms with Crippen molar-refractivity contribution in [3.8, 4) is 0 Å². The zero-order valence-electron chi connectivity index (χ0n) is 10.5. The van der Waals surface area contributed by atoms with Crippen LogP contribution in [0.4, 0.5) is 0 Å². The lowest BCUT2D eigenvalue weighted by molar-refractivity contribution is -0.00887. The zero-order valence-corrected chi connectivity index (χ0v) is 10.5. The van der Waals surface area contributed by atoms with Gasteiger partial charge in [-0.1, -0.05) is 6.42 Å². The van der Waals surface area contributed by atoms with Gasteiger partial charge in [-0.3, -0.25) is 9.58 Å². The number of hydrogen-bond acceptors (Lipinski definition) is 3. The lowest BCUT2D eigenvalue weighted by atomic mass is 9.84. The van der Waals surface area contributed by atoms with E-state index in [2.05, 4.69) is 10.00 Å². The Morgan fingerprint density at radius 1 is 1.47 bits per heavy atom. The van der Waals surface area contributed by atoms with Crippen molar-refractivity contribution in [3.05, 3.63) is 18.0 Å². The molecule has 4 nitrogen and oxygen atoms in total. The van der Waals surface area contributed by atoms with Crippen LogP contribution in [0.1, 0.15) is 31.2 Å². The number of aliphatic hydroxyl groups is 1. The van der Waals surface area contributed by atoms with Gasteiger partial charge in [0.1, 0.15) is 0 Å². The number of nitrogens with zero attached hydrogens (tertiary/aromatic N) is 3. The average Bonchev–Trinajstić information content (AvgIpc) is 2.86. The highest BCUT2D eigenvalue weighted by molar-refractivity contribution is 5.13. The minimum atomic E-state index is -0.524. The summed E-state index contributed by atoms with van der Waals surface area (Å²) in [5.41, 5.74) is 0.631. The molecule has 0 bridgehead atoms. The molecule has 1 N–H and O–H groups in total. The van der Waals surface area contributed by atoms with E-state index in [0.717, 1.165) is 31.4 Å². The van der Waals surface area contributed by atoms with E-state index in [9.17, 15) is 5.11 Å². The summed E-state index contributed by atoms with van der Waals surface area (Å²) in [6.07, 6.45) is 9.26. The molecule has 3 rings (SSSR count). The summed E-state index contributed by atoms with van der Waals surface area (Å²) in [6, 6.07) is 0.372. The van der Waals surface area contributed by atoms with Crippen molar-refractivity contribution in [1.82, 2.24) is 14.7 Å². The largest absolute Gasteiger partial charge is 0.388 e. The van der Waals surface area contributed by atoms with Crippen molar-refractivity contribution in [2.24, 2.45) is 7.05 Å². The molecular formula is C13H21N3O. The van der Waals surface area contributed by atoms with E-state index >= 15 is 0 Å². The molecule has 1 aromatic heterocycles. The van der Waals surface area contributed by atoms with E-state index in [1.807, 2.05) is 24.1 Å². The van der Waals surface area contributed by atoms with Gasteiger partial charge in [0.05, 0.1) is 11.8 Å². The summed E-state index contributed by atoms with van der Waals surface area (Å²) in [4.78, 5) is 2.47. The van der Waals surface area contributed by atoms with Crippen molar-refractivity contribution in [2.75, 3.05) is 13.1 Å². The van der Waals surface area contributed by atoms with Crippen molar-refractivity contribution in [2.45, 2.75) is 43.7 Å². The van der Waals surface area contributed by atoms with Crippen molar-refractivity contribution in [1.29, 1.82) is 0 Å². The van der Waals surface area contributed by atoms with Gasteiger partial charge < -0.3 is 5.11 Å². The number of piperidine rings is 1. The monoisotopic (exact) mass is 235 g/mol. The zero-order chi connectivity index (χ0) is 11.9. The van der Waals surface area contributed by atoms with Gasteiger partial charge in [0.2, 0.25) is 0 Å². The Morgan fingerprint density at radius 2 is 2.35 bits per heavy atom. The molecule has 2 aliphatic heterocycles. The van der Waals surface area contributed by atoms with Crippen LogP contribution in [-0.4, -0.2) is 44.5 Å². The van der Waals surface area contributed by atoms with Crippen LogP contribution in [0.2, 0.25) is 0 Å². The molecule has 0 aliphatic carbocycles. The molecule has 2 atom stereocenters. The van der Waals surface area contributed by atoms with Crippen LogP contribution in [0, 0.1) is 0 Å². The maximum absolute atomic E-state index is 10.9. The van der Waals surface area contributed by atoms with Gasteiger partial charge >= 0.3 is 0 Å². The molecule has 2 fully saturated rings. The summed E-state index contributed by atoms with van der Waals surface area (Å²) in [7, 11) is 1.93. The molecule has 3 heterocycles. The predicted octanol–water partition coefficient (Wildman–Crippen LogP) is 0.952. The molecule has 2 aliphatic rings. The summed E-state index contributed by atoms with van der Waals surface area (Å²) < 4.78 is 1.81. The Balaban J connectivity index is 1.76. The van der Waals surface area contributed by atoms with Crippen LogP contribution in [0.3, 0.4) is 0 Å². The van der Waals surface area contributed by atoms with E-state index in [0.29, 0.717) is 6.04 Å². The van der Waals surface area contributed by atoms with Crippen molar-refractivity contribution >= 4 is 0 Å². The van der Waals surface area contributed by atoms with Crippen molar-refractivity contribution < 1.29 is 5.11 Å². The SMILES string of the molecule is Cn1cc(CC2(O)CCN3CCCCC32)cn1. The maximum Gasteiger partial charge on any atom is 0.0855 e. The molecule has 17 heavy (non-hydrogen) atoms. The first-order valence-electron chi connectivity index (χ1n) is 6.61. The molecule has 94 valence electrons. The number of hydrogen-bond donors (Lipinski definition) is 1. The van der Waals surface area contributed by atoms with Gasteiger partial charge in [-0.15, -0.1) is 0 Å². The topological polar surface area (TPSA) is 41.3 Å². The molecule has 2 unspecified atom stereocenters. The molecule has 1 aromatic rings. The molecule has 0 amide bonds. The van der Waals surface area contributed by atoms with Gasteiger partial charge in [-0.2, -0.15) is 5.10 Å². The summed E-state index contributed by atoms with van der Waals surface area (Å²) in [5.74, 6) is 0. The first kappa shape index (κ1) is 11.2. The highest BCUT2D eigenvalue weighted by Crippen LogP contribution is 2.37. The number of fused-ring (bicyclic) bond motifs is 1. The minimum absolute atomic E-state index is 0.372. The van der Waals surface area contributed by atoms with E-state index < -0.39 is 5.60 Å². The van der Waals surface area contributed by atoms with Crippen LogP contribution >= 0.6 is 0 Å². The Morgan fingerprint density at radius 3 is 3.12 bits per heavy atom. The molecular weight excluding hydrogens is 214 g/mol. The van der Waals surface area contributed by atoms with Crippen LogP contribution in [0.5, 0.6) is 0 Å². The van der Waals surface area contributed by atoms with E-state index in [1.165, 1.54) is 19.4 Å². The summed E-state index contributed by atoms with van der Waals surface area (Å²) >= 11 is 0. The minimum Gasteiger partial charge on any atom is -0.388 e. The van der Waals surface area contributed by atoms with Gasteiger partial charge in [-0.25, -0.2) is 0 Å². The molecule has 4 heteroatoms. The first-order valence-corrected chi connectivity index (χ1v) is 6.61. The van der Waals surface area contributed by atoms with Crippen molar-refractivity contribution in [3.63, 3.8) is 0 Å². The van der Waals surface area contributed by atoms with Crippen LogP contribution in [0.15, 0.2) is 12.4 Å². The highest BCUT2D eigenvalue weighted by atomic mass is 16.3. The molecule has 0 saturated carbocycles. The van der Waals surface area contributed by atoms with E-state index in [-0.39, 0.29) is 0 Å². The Labute approximate surface area is 102 Å². The van der Waals surface area contributed by atoms with Crippen LogP contribution < -0.4 is 0 Å². The average molecular weight is 235 g/mol. The quantitative estimate of drug-likeness (QED) is 0.830. The lowest BCUT2D eigenvalue weighted by Crippen LogP contribution is -2.48. The third-order valence-corrected chi connectivity index (χ3v) is 4.33. The fourth-order valence-corrected chi connectivity index (χ4v) is 3.49. The fraction of sp³-hybridized carbons (Fsp3) is 0.769. The third kappa shape index (κ3) is 2.00. The normalized spacial score (nSPS) is 33.9. The second kappa shape index (κ2) is 4.10. The Bertz CT molecular complexity index is 403. The molecule has 0 spiro atoms. The second-order valence-corrected chi connectivity index (χ2v) is 5.60. The third-order valence-electron chi connectivity index (χ3n) is 4.33. The first-order chi connectivity index (χ1) is 8.17. The van der Waals surface area contributed by atoms with Gasteiger partial charge in [0.15, 0.2) is 0 Å². The summed E-state index contributed by atoms with van der Waals surface area (Å²) in [5, 5.41) is 15.1. The Hall–Kier alpha value is -0.870. The molecule has 0 aromatic carbocycles. The standard InChI is InChI=1S/C13H21N3O/c1-15-10-11(9-14-15)8-13(17)5-7-16-6-3-2-4-12(13)16/h9-10,12,17H,2-8H2,1H3. The van der Waals surface area contributed by atoms with Crippen LogP contribution in [-0.2, 0) is 13.5 Å². The second-order valence-electron chi connectivity index (χ2n) is 5.60. The summed E-state index contributed by atoms with van der Waals surface area (Å²) in [6.45, 7) is 2.22. The number of rotatable bonds is 2. The van der Waals surface area contributed by atoms with Crippen LogP contribution in [0.25, 0.3) is 0 Å². The molecule has 0 radical (unpaired) electrons. The van der Waals surface area contributed by atoms with E-state index in [4.69, 9.17) is 0 Å². The smallest absolute Gasteiger partial charge is 0.0855 e. The van der Waals surface area contributed by atoms with Gasteiger partial charge in [-0.05, 0) is 31.4 Å². The Kier molecular flexibility index (Phi) is 2.71. The number of aryl methyl sites for hydroxylation is 1. The number of aromatic nitrogens is 2. The lowest BCUT2D eigenvalue weighted by Gasteiger charge is -2.37. The fourth-order valence-electron chi connectivity index (χ4n) is 3.49. The molecule has 2 saturated heterocycles. The maximum atomic E-state index is 10.9. The van der Waals surface area contributed by atoms with Gasteiger partial charge in [0, 0.05) is 32.3 Å². The highest BCUT2D eigenvalue weighted by Gasteiger charge is 2.46.